The Hall–Kier alpha value is -1.24. The quantitative estimate of drug-likeness (QED) is 0.660. The van der Waals surface area contributed by atoms with Gasteiger partial charge in [-0.25, -0.2) is 0 Å². The molecular formula is C14H20O. The van der Waals surface area contributed by atoms with Gasteiger partial charge in [-0.15, -0.1) is 6.58 Å². The van der Waals surface area contributed by atoms with Gasteiger partial charge in [0.1, 0.15) is 5.75 Å². The fraction of sp³-hybridized carbons (Fsp3) is 0.429. The summed E-state index contributed by atoms with van der Waals surface area (Å²) in [5.74, 6) is 1.50. The number of hydrogen-bond acceptors (Lipinski definition) is 1. The van der Waals surface area contributed by atoms with Crippen molar-refractivity contribution in [2.75, 3.05) is 7.11 Å². The minimum atomic E-state index is 0.503. The van der Waals surface area contributed by atoms with Crippen LogP contribution in [0.4, 0.5) is 0 Å². The number of methoxy groups -OCH3 is 1. The van der Waals surface area contributed by atoms with Gasteiger partial charge >= 0.3 is 0 Å². The molecule has 0 radical (unpaired) electrons. The molecule has 1 aromatic rings. The Bertz CT molecular complexity index is 326. The molecule has 0 saturated carbocycles. The zero-order valence-corrected chi connectivity index (χ0v) is 9.92. The van der Waals surface area contributed by atoms with Crippen LogP contribution in [0.1, 0.15) is 37.3 Å². The maximum atomic E-state index is 5.35. The highest BCUT2D eigenvalue weighted by Crippen LogP contribution is 2.27. The van der Waals surface area contributed by atoms with Crippen molar-refractivity contribution in [3.8, 4) is 5.75 Å². The molecule has 0 aliphatic rings. The summed E-state index contributed by atoms with van der Waals surface area (Å²) in [5, 5.41) is 0. The van der Waals surface area contributed by atoms with Gasteiger partial charge in [-0.3, -0.25) is 0 Å². The van der Waals surface area contributed by atoms with Crippen molar-refractivity contribution in [3.05, 3.63) is 42.0 Å². The van der Waals surface area contributed by atoms with Gasteiger partial charge in [0.05, 0.1) is 7.11 Å². The topological polar surface area (TPSA) is 9.23 Å². The first-order valence-electron chi connectivity index (χ1n) is 5.46. The molecule has 82 valence electrons. The molecule has 0 atom stereocenters. The van der Waals surface area contributed by atoms with Crippen molar-refractivity contribution in [2.45, 2.75) is 32.6 Å². The summed E-state index contributed by atoms with van der Waals surface area (Å²) in [7, 11) is 1.73. The summed E-state index contributed by atoms with van der Waals surface area (Å²) in [6.45, 7) is 8.12. The van der Waals surface area contributed by atoms with E-state index < -0.39 is 0 Å². The van der Waals surface area contributed by atoms with E-state index in [1.807, 2.05) is 6.08 Å². The lowest BCUT2D eigenvalue weighted by Gasteiger charge is -2.13. The predicted molar refractivity (Wildman–Crippen MR) is 65.6 cm³/mol. The molecule has 1 rings (SSSR count). The van der Waals surface area contributed by atoms with Crippen molar-refractivity contribution in [3.63, 3.8) is 0 Å². The lowest BCUT2D eigenvalue weighted by atomic mass is 9.98. The van der Waals surface area contributed by atoms with Crippen LogP contribution in [0, 0.1) is 0 Å². The molecule has 1 nitrogen and oxygen atoms in total. The second kappa shape index (κ2) is 5.59. The molecule has 0 N–H and O–H groups in total. The van der Waals surface area contributed by atoms with E-state index >= 15 is 0 Å². The lowest BCUT2D eigenvalue weighted by Crippen LogP contribution is -1.96. The molecule has 0 aromatic heterocycles. The molecule has 0 fully saturated rings. The molecule has 0 heterocycles. The third kappa shape index (κ3) is 3.12. The summed E-state index contributed by atoms with van der Waals surface area (Å²) in [4.78, 5) is 0. The second-order valence-corrected chi connectivity index (χ2v) is 4.06. The SMILES string of the molecule is C=CCCc1ccc(OC)c(C(C)C)c1. The van der Waals surface area contributed by atoms with Crippen LogP contribution in [0.2, 0.25) is 0 Å². The van der Waals surface area contributed by atoms with Crippen LogP contribution in [0.25, 0.3) is 0 Å². The number of allylic oxidation sites excluding steroid dienone is 1. The Morgan fingerprint density at radius 3 is 2.67 bits per heavy atom. The van der Waals surface area contributed by atoms with Gasteiger partial charge in [0, 0.05) is 0 Å². The molecule has 0 saturated heterocycles. The minimum Gasteiger partial charge on any atom is -0.496 e. The van der Waals surface area contributed by atoms with Gasteiger partial charge in [-0.2, -0.15) is 0 Å². The number of ether oxygens (including phenoxy) is 1. The first-order chi connectivity index (χ1) is 7.19. The first kappa shape index (κ1) is 11.8. The molecular weight excluding hydrogens is 184 g/mol. The molecule has 1 heteroatoms. The summed E-state index contributed by atoms with van der Waals surface area (Å²) in [5.41, 5.74) is 2.65. The minimum absolute atomic E-state index is 0.503. The maximum absolute atomic E-state index is 5.35. The predicted octanol–water partition coefficient (Wildman–Crippen LogP) is 3.94. The summed E-state index contributed by atoms with van der Waals surface area (Å²) in [6, 6.07) is 6.44. The number of benzene rings is 1. The van der Waals surface area contributed by atoms with Crippen LogP contribution in [0.15, 0.2) is 30.9 Å². The third-order valence-electron chi connectivity index (χ3n) is 2.55. The van der Waals surface area contributed by atoms with Crippen LogP contribution in [-0.2, 0) is 6.42 Å². The Morgan fingerprint density at radius 2 is 2.13 bits per heavy atom. The van der Waals surface area contributed by atoms with E-state index in [9.17, 15) is 0 Å². The van der Waals surface area contributed by atoms with E-state index in [-0.39, 0.29) is 0 Å². The van der Waals surface area contributed by atoms with Crippen molar-refractivity contribution < 1.29 is 4.74 Å². The van der Waals surface area contributed by atoms with E-state index in [0.29, 0.717) is 5.92 Å². The highest BCUT2D eigenvalue weighted by Gasteiger charge is 2.07. The fourth-order valence-electron chi connectivity index (χ4n) is 1.66. The van der Waals surface area contributed by atoms with E-state index in [1.165, 1.54) is 11.1 Å². The Morgan fingerprint density at radius 1 is 1.40 bits per heavy atom. The highest BCUT2D eigenvalue weighted by molar-refractivity contribution is 5.39. The van der Waals surface area contributed by atoms with Gasteiger partial charge < -0.3 is 4.74 Å². The van der Waals surface area contributed by atoms with Gasteiger partial charge in [0.15, 0.2) is 0 Å². The highest BCUT2D eigenvalue weighted by atomic mass is 16.5. The Balaban J connectivity index is 2.94. The number of rotatable bonds is 5. The van der Waals surface area contributed by atoms with E-state index in [1.54, 1.807) is 7.11 Å². The number of hydrogen-bond donors (Lipinski definition) is 0. The van der Waals surface area contributed by atoms with Crippen molar-refractivity contribution >= 4 is 0 Å². The molecule has 0 aliphatic carbocycles. The molecule has 0 amide bonds. The standard InChI is InChI=1S/C14H20O/c1-5-6-7-12-8-9-14(15-4)13(10-12)11(2)3/h5,8-11H,1,6-7H2,2-4H3. The van der Waals surface area contributed by atoms with Gasteiger partial charge in [-0.1, -0.05) is 32.1 Å². The van der Waals surface area contributed by atoms with Crippen molar-refractivity contribution in [2.24, 2.45) is 0 Å². The van der Waals surface area contributed by atoms with Crippen LogP contribution in [0.3, 0.4) is 0 Å². The average Bonchev–Trinajstić information content (AvgIpc) is 2.25. The largest absolute Gasteiger partial charge is 0.496 e. The van der Waals surface area contributed by atoms with Gasteiger partial charge in [0.2, 0.25) is 0 Å². The third-order valence-corrected chi connectivity index (χ3v) is 2.55. The number of aryl methyl sites for hydroxylation is 1. The monoisotopic (exact) mass is 204 g/mol. The molecule has 0 spiro atoms. The average molecular weight is 204 g/mol. The lowest BCUT2D eigenvalue weighted by molar-refractivity contribution is 0.407. The van der Waals surface area contributed by atoms with Crippen molar-refractivity contribution in [1.82, 2.24) is 0 Å². The van der Waals surface area contributed by atoms with Crippen LogP contribution < -0.4 is 4.74 Å². The summed E-state index contributed by atoms with van der Waals surface area (Å²) < 4.78 is 5.35. The van der Waals surface area contributed by atoms with Crippen molar-refractivity contribution in [1.29, 1.82) is 0 Å². The zero-order valence-electron chi connectivity index (χ0n) is 9.92. The van der Waals surface area contributed by atoms with Crippen LogP contribution in [0.5, 0.6) is 5.75 Å². The Kier molecular flexibility index (Phi) is 4.41. The zero-order chi connectivity index (χ0) is 11.3. The first-order valence-corrected chi connectivity index (χ1v) is 5.46. The fourth-order valence-corrected chi connectivity index (χ4v) is 1.66. The molecule has 1 aromatic carbocycles. The second-order valence-electron chi connectivity index (χ2n) is 4.06. The Labute approximate surface area is 92.8 Å². The summed E-state index contributed by atoms with van der Waals surface area (Å²) in [6.07, 6.45) is 4.05. The van der Waals surface area contributed by atoms with Gasteiger partial charge in [-0.05, 0) is 36.0 Å². The van der Waals surface area contributed by atoms with E-state index in [2.05, 4.69) is 38.6 Å². The van der Waals surface area contributed by atoms with E-state index in [0.717, 1.165) is 18.6 Å². The van der Waals surface area contributed by atoms with E-state index in [4.69, 9.17) is 4.74 Å². The van der Waals surface area contributed by atoms with Crippen LogP contribution >= 0.6 is 0 Å². The summed E-state index contributed by atoms with van der Waals surface area (Å²) >= 11 is 0. The maximum Gasteiger partial charge on any atom is 0.122 e. The van der Waals surface area contributed by atoms with Crippen LogP contribution in [-0.4, -0.2) is 7.11 Å². The van der Waals surface area contributed by atoms with Gasteiger partial charge in [0.25, 0.3) is 0 Å². The molecule has 0 aliphatic heterocycles. The smallest absolute Gasteiger partial charge is 0.122 e. The molecule has 0 unspecified atom stereocenters. The molecule has 0 bridgehead atoms. The molecule has 15 heavy (non-hydrogen) atoms. The normalized spacial score (nSPS) is 10.4.